The van der Waals surface area contributed by atoms with Gasteiger partial charge in [0, 0.05) is 24.3 Å². The number of carbonyl (C=O) groups excluding carboxylic acids is 1. The molecule has 6 heteroatoms. The Hall–Kier alpha value is -2.63. The molecule has 1 unspecified atom stereocenters. The molecule has 1 saturated heterocycles. The fourth-order valence-corrected chi connectivity index (χ4v) is 2.86. The third-order valence-electron chi connectivity index (χ3n) is 4.21. The number of methoxy groups -OCH3 is 1. The molecule has 0 saturated carbocycles. The van der Waals surface area contributed by atoms with Gasteiger partial charge in [-0.2, -0.15) is 0 Å². The van der Waals surface area contributed by atoms with Gasteiger partial charge in [0.15, 0.2) is 0 Å². The Morgan fingerprint density at radius 3 is 2.62 bits per heavy atom. The average Bonchev–Trinajstić information content (AvgIpc) is 2.96. The zero-order valence-electron chi connectivity index (χ0n) is 14.2. The maximum absolute atomic E-state index is 12.4. The number of anilines is 1. The molecule has 1 aliphatic rings. The van der Waals surface area contributed by atoms with Crippen molar-refractivity contribution in [3.63, 3.8) is 0 Å². The second kappa shape index (κ2) is 6.86. The summed E-state index contributed by atoms with van der Waals surface area (Å²) in [7, 11) is 1.64. The quantitative estimate of drug-likeness (QED) is 0.915. The lowest BCUT2D eigenvalue weighted by Gasteiger charge is -2.21. The van der Waals surface area contributed by atoms with Gasteiger partial charge in [0.2, 0.25) is 11.9 Å². The molecule has 0 bridgehead atoms. The molecule has 0 aliphatic carbocycles. The third-order valence-corrected chi connectivity index (χ3v) is 4.21. The molecule has 1 N–H and O–H groups in total. The number of hydrogen-bond acceptors (Lipinski definition) is 5. The molecule has 0 radical (unpaired) electrons. The Morgan fingerprint density at radius 2 is 2.00 bits per heavy atom. The molecule has 1 aromatic heterocycles. The Balaban J connectivity index is 1.75. The predicted octanol–water partition coefficient (Wildman–Crippen LogP) is 2.57. The first-order valence-electron chi connectivity index (χ1n) is 8.13. The first kappa shape index (κ1) is 16.2. The number of benzene rings is 1. The van der Waals surface area contributed by atoms with Crippen molar-refractivity contribution in [1.29, 1.82) is 0 Å². The normalized spacial score (nSPS) is 17.4. The average molecular weight is 326 g/mol. The number of nitrogens with zero attached hydrogens (tertiary/aromatic N) is 3. The van der Waals surface area contributed by atoms with Crippen LogP contribution in [0.25, 0.3) is 11.3 Å². The van der Waals surface area contributed by atoms with Gasteiger partial charge in [0.05, 0.1) is 12.8 Å². The van der Waals surface area contributed by atoms with Gasteiger partial charge in [-0.05, 0) is 50.6 Å². The molecule has 1 aliphatic heterocycles. The number of aromatic nitrogens is 2. The topological polar surface area (TPSA) is 67.3 Å². The van der Waals surface area contributed by atoms with E-state index >= 15 is 0 Å². The van der Waals surface area contributed by atoms with Crippen molar-refractivity contribution in [3.05, 3.63) is 36.5 Å². The summed E-state index contributed by atoms with van der Waals surface area (Å²) < 4.78 is 5.17. The Bertz CT molecular complexity index is 715. The molecule has 2 heterocycles. The number of rotatable bonds is 5. The zero-order valence-corrected chi connectivity index (χ0v) is 14.2. The van der Waals surface area contributed by atoms with Crippen LogP contribution in [0, 0.1) is 0 Å². The lowest BCUT2D eigenvalue weighted by molar-refractivity contribution is -0.129. The highest BCUT2D eigenvalue weighted by atomic mass is 16.5. The van der Waals surface area contributed by atoms with Crippen LogP contribution < -0.4 is 10.1 Å². The van der Waals surface area contributed by atoms with E-state index in [2.05, 4.69) is 15.3 Å². The number of likely N-dealkylation sites (tertiary alicyclic amines) is 1. The smallest absolute Gasteiger partial charge is 0.245 e. The van der Waals surface area contributed by atoms with E-state index in [9.17, 15) is 4.79 Å². The van der Waals surface area contributed by atoms with Crippen LogP contribution in [-0.2, 0) is 4.79 Å². The predicted molar refractivity (Wildman–Crippen MR) is 92.9 cm³/mol. The van der Waals surface area contributed by atoms with Crippen LogP contribution in [0.2, 0.25) is 0 Å². The SMILES string of the molecule is COc1ccc(-c2ccnc(NC3CCN(C(C)C)C3=O)n2)cc1. The summed E-state index contributed by atoms with van der Waals surface area (Å²) >= 11 is 0. The van der Waals surface area contributed by atoms with Gasteiger partial charge < -0.3 is 15.0 Å². The van der Waals surface area contributed by atoms with Crippen LogP contribution in [0.4, 0.5) is 5.95 Å². The standard InChI is InChI=1S/C18H22N4O2/c1-12(2)22-11-9-16(17(22)23)21-18-19-10-8-15(20-18)13-4-6-14(24-3)7-5-13/h4-8,10,12,16H,9,11H2,1-3H3,(H,19,20,21). The van der Waals surface area contributed by atoms with E-state index in [4.69, 9.17) is 4.74 Å². The van der Waals surface area contributed by atoms with Gasteiger partial charge in [-0.3, -0.25) is 4.79 Å². The fourth-order valence-electron chi connectivity index (χ4n) is 2.86. The fraction of sp³-hybridized carbons (Fsp3) is 0.389. The minimum atomic E-state index is -0.251. The van der Waals surface area contributed by atoms with E-state index in [1.807, 2.05) is 49.1 Å². The summed E-state index contributed by atoms with van der Waals surface area (Å²) in [5, 5.41) is 3.17. The molecule has 126 valence electrons. The minimum absolute atomic E-state index is 0.114. The van der Waals surface area contributed by atoms with Gasteiger partial charge in [-0.1, -0.05) is 0 Å². The summed E-state index contributed by atoms with van der Waals surface area (Å²) in [6, 6.07) is 9.51. The largest absolute Gasteiger partial charge is 0.497 e. The zero-order chi connectivity index (χ0) is 17.1. The van der Waals surface area contributed by atoms with E-state index in [0.29, 0.717) is 5.95 Å². The van der Waals surface area contributed by atoms with Gasteiger partial charge in [0.1, 0.15) is 11.8 Å². The highest BCUT2D eigenvalue weighted by Gasteiger charge is 2.33. The molecule has 24 heavy (non-hydrogen) atoms. The number of carbonyl (C=O) groups is 1. The maximum Gasteiger partial charge on any atom is 0.245 e. The van der Waals surface area contributed by atoms with E-state index in [0.717, 1.165) is 30.0 Å². The van der Waals surface area contributed by atoms with Crippen molar-refractivity contribution in [2.45, 2.75) is 32.4 Å². The van der Waals surface area contributed by atoms with Gasteiger partial charge in [-0.25, -0.2) is 9.97 Å². The monoisotopic (exact) mass is 326 g/mol. The van der Waals surface area contributed by atoms with E-state index in [-0.39, 0.29) is 18.0 Å². The number of hydrogen-bond donors (Lipinski definition) is 1. The molecule has 6 nitrogen and oxygen atoms in total. The van der Waals surface area contributed by atoms with Crippen molar-refractivity contribution >= 4 is 11.9 Å². The lowest BCUT2D eigenvalue weighted by atomic mass is 10.1. The molecule has 0 spiro atoms. The lowest BCUT2D eigenvalue weighted by Crippen LogP contribution is -2.37. The number of ether oxygens (including phenoxy) is 1. The molecule has 1 fully saturated rings. The molecular weight excluding hydrogens is 304 g/mol. The van der Waals surface area contributed by atoms with Crippen molar-refractivity contribution in [3.8, 4) is 17.0 Å². The molecule has 3 rings (SSSR count). The van der Waals surface area contributed by atoms with Gasteiger partial charge in [-0.15, -0.1) is 0 Å². The summed E-state index contributed by atoms with van der Waals surface area (Å²) in [5.41, 5.74) is 1.78. The molecule has 1 atom stereocenters. The van der Waals surface area contributed by atoms with Crippen molar-refractivity contribution in [2.75, 3.05) is 19.0 Å². The van der Waals surface area contributed by atoms with E-state index in [1.165, 1.54) is 0 Å². The number of nitrogens with one attached hydrogen (secondary N) is 1. The van der Waals surface area contributed by atoms with Crippen molar-refractivity contribution < 1.29 is 9.53 Å². The second-order valence-electron chi connectivity index (χ2n) is 6.10. The van der Waals surface area contributed by atoms with Gasteiger partial charge >= 0.3 is 0 Å². The highest BCUT2D eigenvalue weighted by Crippen LogP contribution is 2.22. The molecule has 1 aromatic carbocycles. The molecule has 1 amide bonds. The van der Waals surface area contributed by atoms with E-state index in [1.54, 1.807) is 13.3 Å². The van der Waals surface area contributed by atoms with Crippen LogP contribution in [-0.4, -0.2) is 46.5 Å². The summed E-state index contributed by atoms with van der Waals surface area (Å²) in [6.07, 6.45) is 2.47. The number of amides is 1. The third kappa shape index (κ3) is 3.32. The first-order valence-corrected chi connectivity index (χ1v) is 8.13. The van der Waals surface area contributed by atoms with Gasteiger partial charge in [0.25, 0.3) is 0 Å². The Morgan fingerprint density at radius 1 is 1.25 bits per heavy atom. The van der Waals surface area contributed by atoms with Crippen molar-refractivity contribution in [1.82, 2.24) is 14.9 Å². The highest BCUT2D eigenvalue weighted by molar-refractivity contribution is 5.86. The van der Waals surface area contributed by atoms with Crippen LogP contribution in [0.15, 0.2) is 36.5 Å². The Kier molecular flexibility index (Phi) is 4.64. The van der Waals surface area contributed by atoms with Crippen LogP contribution in [0.3, 0.4) is 0 Å². The van der Waals surface area contributed by atoms with Crippen LogP contribution in [0.1, 0.15) is 20.3 Å². The van der Waals surface area contributed by atoms with Crippen LogP contribution >= 0.6 is 0 Å². The first-order chi connectivity index (χ1) is 11.6. The summed E-state index contributed by atoms with van der Waals surface area (Å²) in [4.78, 5) is 23.0. The summed E-state index contributed by atoms with van der Waals surface area (Å²) in [5.74, 6) is 1.40. The summed E-state index contributed by atoms with van der Waals surface area (Å²) in [6.45, 7) is 4.83. The Labute approximate surface area is 141 Å². The minimum Gasteiger partial charge on any atom is -0.497 e. The van der Waals surface area contributed by atoms with Crippen molar-refractivity contribution in [2.24, 2.45) is 0 Å². The van der Waals surface area contributed by atoms with E-state index < -0.39 is 0 Å². The maximum atomic E-state index is 12.4. The second-order valence-corrected chi connectivity index (χ2v) is 6.10. The van der Waals surface area contributed by atoms with Crippen LogP contribution in [0.5, 0.6) is 5.75 Å². The molecule has 2 aromatic rings. The molecular formula is C18H22N4O2.